The van der Waals surface area contributed by atoms with Crippen LogP contribution in [0, 0.1) is 0 Å². The summed E-state index contributed by atoms with van der Waals surface area (Å²) in [6.07, 6.45) is 0.697. The highest BCUT2D eigenvalue weighted by atomic mass is 31.2. The molecule has 1 atom stereocenters. The number of carboxylic acid groups (broad SMARTS) is 1. The first-order valence-electron chi connectivity index (χ1n) is 8.51. The number of phenolic OH excluding ortho intramolecular Hbond substituents is 2. The van der Waals surface area contributed by atoms with Gasteiger partial charge in [0.2, 0.25) is 5.91 Å². The standard InChI is InChI=1S/C17H21N2O7P.CH2O2/c18-14(17(22)19-8-7-11-1-4-13(20)5-2-11)9-12-3-6-16(15(21)10-12)26-27(23,24)25;2-1-3/h1-6,10,14,20-21H,7-9,18H2,(H,19,22)(H2,23,24,25);1H,(H,2,3). The summed E-state index contributed by atoms with van der Waals surface area (Å²) in [4.78, 5) is 37.9. The van der Waals surface area contributed by atoms with Crippen LogP contribution in [0.3, 0.4) is 0 Å². The van der Waals surface area contributed by atoms with Crippen molar-refractivity contribution in [2.24, 2.45) is 5.73 Å². The second kappa shape index (κ2) is 11.8. The Morgan fingerprint density at radius 2 is 1.70 bits per heavy atom. The second-order valence-electron chi connectivity index (χ2n) is 6.01. The largest absolute Gasteiger partial charge is 0.524 e. The van der Waals surface area contributed by atoms with Gasteiger partial charge in [0.25, 0.3) is 6.47 Å². The van der Waals surface area contributed by atoms with Crippen LogP contribution < -0.4 is 15.6 Å². The molecule has 0 aromatic heterocycles. The summed E-state index contributed by atoms with van der Waals surface area (Å²) < 4.78 is 15.1. The number of nitrogens with one attached hydrogen (secondary N) is 1. The molecule has 2 rings (SSSR count). The summed E-state index contributed by atoms with van der Waals surface area (Å²) in [5, 5.41) is 28.6. The molecule has 164 valence electrons. The van der Waals surface area contributed by atoms with Crippen LogP contribution >= 0.6 is 7.82 Å². The summed E-state index contributed by atoms with van der Waals surface area (Å²) >= 11 is 0. The van der Waals surface area contributed by atoms with Crippen LogP contribution in [0.2, 0.25) is 0 Å². The van der Waals surface area contributed by atoms with Crippen LogP contribution in [0.5, 0.6) is 17.2 Å². The van der Waals surface area contributed by atoms with E-state index >= 15 is 0 Å². The number of amides is 1. The molecule has 0 aliphatic rings. The molecule has 0 heterocycles. The Hall–Kier alpha value is -3.11. The fraction of sp³-hybridized carbons (Fsp3) is 0.222. The third-order valence-corrected chi connectivity index (χ3v) is 4.12. The molecule has 2 aromatic rings. The average molecular weight is 442 g/mol. The Morgan fingerprint density at radius 3 is 2.23 bits per heavy atom. The zero-order chi connectivity index (χ0) is 22.7. The monoisotopic (exact) mass is 442 g/mol. The fourth-order valence-corrected chi connectivity index (χ4v) is 2.78. The van der Waals surface area contributed by atoms with E-state index in [1.807, 2.05) is 0 Å². The summed E-state index contributed by atoms with van der Waals surface area (Å²) in [5.74, 6) is -1.02. The second-order valence-corrected chi connectivity index (χ2v) is 7.17. The first-order valence-corrected chi connectivity index (χ1v) is 10.0. The number of nitrogens with two attached hydrogens (primary N) is 1. The molecule has 1 amide bonds. The van der Waals surface area contributed by atoms with Crippen molar-refractivity contribution in [3.05, 3.63) is 53.6 Å². The minimum Gasteiger partial charge on any atom is -0.508 e. The minimum absolute atomic E-state index is 0.120. The van der Waals surface area contributed by atoms with Crippen molar-refractivity contribution in [3.8, 4) is 17.2 Å². The van der Waals surface area contributed by atoms with E-state index in [9.17, 15) is 19.6 Å². The third-order valence-electron chi connectivity index (χ3n) is 3.68. The smallest absolute Gasteiger partial charge is 0.508 e. The maximum atomic E-state index is 12.1. The molecule has 0 bridgehead atoms. The van der Waals surface area contributed by atoms with Gasteiger partial charge in [0.1, 0.15) is 5.75 Å². The number of benzene rings is 2. The topological polar surface area (TPSA) is 200 Å². The maximum absolute atomic E-state index is 12.1. The van der Waals surface area contributed by atoms with E-state index in [1.165, 1.54) is 18.2 Å². The highest BCUT2D eigenvalue weighted by molar-refractivity contribution is 7.46. The van der Waals surface area contributed by atoms with Gasteiger partial charge in [-0.1, -0.05) is 18.2 Å². The molecule has 30 heavy (non-hydrogen) atoms. The zero-order valence-electron chi connectivity index (χ0n) is 15.7. The van der Waals surface area contributed by atoms with Crippen molar-refractivity contribution < 1.29 is 43.8 Å². The van der Waals surface area contributed by atoms with Crippen molar-refractivity contribution in [3.63, 3.8) is 0 Å². The molecular weight excluding hydrogens is 419 g/mol. The van der Waals surface area contributed by atoms with Gasteiger partial charge in [0.15, 0.2) is 11.5 Å². The Kier molecular flexibility index (Phi) is 9.79. The first-order chi connectivity index (χ1) is 14.1. The number of carbonyl (C=O) groups excluding carboxylic acids is 1. The van der Waals surface area contributed by atoms with Gasteiger partial charge in [-0.15, -0.1) is 0 Å². The Balaban J connectivity index is 0.00000141. The van der Waals surface area contributed by atoms with Gasteiger partial charge in [-0.2, -0.15) is 0 Å². The predicted octanol–water partition coefficient (Wildman–Crippen LogP) is 0.499. The van der Waals surface area contributed by atoms with E-state index in [-0.39, 0.29) is 30.3 Å². The average Bonchev–Trinajstić information content (AvgIpc) is 2.65. The number of hydrogen-bond acceptors (Lipinski definition) is 7. The lowest BCUT2D eigenvalue weighted by molar-refractivity contribution is -0.123. The predicted molar refractivity (Wildman–Crippen MR) is 106 cm³/mol. The fourth-order valence-electron chi connectivity index (χ4n) is 2.37. The zero-order valence-corrected chi connectivity index (χ0v) is 16.6. The third kappa shape index (κ3) is 9.39. The van der Waals surface area contributed by atoms with Gasteiger partial charge < -0.3 is 30.9 Å². The van der Waals surface area contributed by atoms with Gasteiger partial charge in [-0.3, -0.25) is 19.4 Å². The minimum atomic E-state index is -4.78. The van der Waals surface area contributed by atoms with Crippen LogP contribution in [0.15, 0.2) is 42.5 Å². The Bertz CT molecular complexity index is 884. The molecule has 0 spiro atoms. The maximum Gasteiger partial charge on any atom is 0.524 e. The quantitative estimate of drug-likeness (QED) is 0.223. The number of phosphoric ester groups is 1. The van der Waals surface area contributed by atoms with E-state index in [2.05, 4.69) is 9.84 Å². The van der Waals surface area contributed by atoms with Gasteiger partial charge in [-0.05, 0) is 48.2 Å². The van der Waals surface area contributed by atoms with Gasteiger partial charge in [-0.25, -0.2) is 4.57 Å². The van der Waals surface area contributed by atoms with Crippen molar-refractivity contribution in [2.75, 3.05) is 6.54 Å². The van der Waals surface area contributed by atoms with Crippen molar-refractivity contribution in [1.29, 1.82) is 0 Å². The van der Waals surface area contributed by atoms with Gasteiger partial charge in [0, 0.05) is 6.54 Å². The van der Waals surface area contributed by atoms with Crippen molar-refractivity contribution >= 4 is 20.2 Å². The van der Waals surface area contributed by atoms with Crippen molar-refractivity contribution in [2.45, 2.75) is 18.9 Å². The Morgan fingerprint density at radius 1 is 1.13 bits per heavy atom. The number of phosphoric acid groups is 1. The molecule has 0 aliphatic carbocycles. The van der Waals surface area contributed by atoms with Crippen LogP contribution in [0.25, 0.3) is 0 Å². The van der Waals surface area contributed by atoms with E-state index in [0.29, 0.717) is 18.5 Å². The first kappa shape index (κ1) is 24.9. The van der Waals surface area contributed by atoms with Crippen molar-refractivity contribution in [1.82, 2.24) is 5.32 Å². The highest BCUT2D eigenvalue weighted by Crippen LogP contribution is 2.41. The van der Waals surface area contributed by atoms with E-state index < -0.39 is 19.6 Å². The number of phenols is 2. The number of carbonyl (C=O) groups is 2. The van der Waals surface area contributed by atoms with E-state index in [4.69, 9.17) is 25.4 Å². The molecule has 0 radical (unpaired) electrons. The lowest BCUT2D eigenvalue weighted by Crippen LogP contribution is -2.42. The number of aromatic hydroxyl groups is 2. The van der Waals surface area contributed by atoms with Gasteiger partial charge in [0.05, 0.1) is 6.04 Å². The van der Waals surface area contributed by atoms with Gasteiger partial charge >= 0.3 is 7.82 Å². The summed E-state index contributed by atoms with van der Waals surface area (Å²) in [6, 6.07) is 9.65. The normalized spacial score (nSPS) is 11.6. The molecule has 2 aromatic carbocycles. The van der Waals surface area contributed by atoms with E-state index in [1.54, 1.807) is 24.3 Å². The molecule has 0 aliphatic heterocycles. The SMILES string of the molecule is NC(Cc1ccc(OP(=O)(O)O)c(O)c1)C(=O)NCCc1ccc(O)cc1.O=CO. The molecule has 12 heteroatoms. The number of hydrogen-bond donors (Lipinski definition) is 7. The summed E-state index contributed by atoms with van der Waals surface area (Å²) in [6.45, 7) is 0.123. The van der Waals surface area contributed by atoms with Crippen LogP contribution in [0.4, 0.5) is 0 Å². The molecule has 11 nitrogen and oxygen atoms in total. The number of rotatable bonds is 8. The molecule has 0 saturated carbocycles. The summed E-state index contributed by atoms with van der Waals surface area (Å²) in [7, 11) is -4.78. The van der Waals surface area contributed by atoms with Crippen LogP contribution in [-0.4, -0.2) is 50.1 Å². The van der Waals surface area contributed by atoms with E-state index in [0.717, 1.165) is 5.56 Å². The lowest BCUT2D eigenvalue weighted by Gasteiger charge is -2.14. The molecule has 0 fully saturated rings. The Labute approximate surface area is 172 Å². The highest BCUT2D eigenvalue weighted by Gasteiger charge is 2.19. The molecule has 1 unspecified atom stereocenters. The lowest BCUT2D eigenvalue weighted by atomic mass is 10.1. The molecule has 0 saturated heterocycles. The van der Waals surface area contributed by atoms with Crippen LogP contribution in [-0.2, 0) is 27.0 Å². The van der Waals surface area contributed by atoms with Crippen LogP contribution in [0.1, 0.15) is 11.1 Å². The molecular formula is C18H23N2O9P. The summed E-state index contributed by atoms with van der Waals surface area (Å²) in [5.41, 5.74) is 7.31. The molecule has 8 N–H and O–H groups in total.